The molecule has 0 aliphatic carbocycles. The molecule has 0 saturated carbocycles. The van der Waals surface area contributed by atoms with Gasteiger partial charge in [-0.3, -0.25) is 9.36 Å². The number of carbonyl (C=O) groups is 1. The Morgan fingerprint density at radius 1 is 0.852 bits per heavy atom. The lowest BCUT2D eigenvalue weighted by molar-refractivity contribution is 0.103. The summed E-state index contributed by atoms with van der Waals surface area (Å²) in [6.07, 6.45) is 0. The molecule has 0 bridgehead atoms. The van der Waals surface area contributed by atoms with Crippen molar-refractivity contribution < 1.29 is 23.9 Å². The SMILES string of the molecule is O=C(c1ccc(Oc2ccc(P(=O)(O)O)cc2)cc1)c1cc(Br)ccc1Br. The highest BCUT2D eigenvalue weighted by Crippen LogP contribution is 2.34. The number of rotatable bonds is 5. The Morgan fingerprint density at radius 2 is 1.41 bits per heavy atom. The summed E-state index contributed by atoms with van der Waals surface area (Å²) < 4.78 is 18.4. The van der Waals surface area contributed by atoms with Crippen molar-refractivity contribution in [2.24, 2.45) is 0 Å². The Morgan fingerprint density at radius 3 is 1.96 bits per heavy atom. The summed E-state index contributed by atoms with van der Waals surface area (Å²) in [6.45, 7) is 0. The summed E-state index contributed by atoms with van der Waals surface area (Å²) in [5.74, 6) is 0.811. The lowest BCUT2D eigenvalue weighted by Crippen LogP contribution is -2.03. The van der Waals surface area contributed by atoms with Crippen molar-refractivity contribution in [2.45, 2.75) is 0 Å². The van der Waals surface area contributed by atoms with E-state index in [0.717, 1.165) is 4.47 Å². The topological polar surface area (TPSA) is 83.8 Å². The highest BCUT2D eigenvalue weighted by atomic mass is 79.9. The van der Waals surface area contributed by atoms with Crippen molar-refractivity contribution in [1.29, 1.82) is 0 Å². The van der Waals surface area contributed by atoms with E-state index in [-0.39, 0.29) is 11.1 Å². The van der Waals surface area contributed by atoms with Crippen LogP contribution in [0.5, 0.6) is 11.5 Å². The third-order valence-corrected chi connectivity index (χ3v) is 5.85. The van der Waals surface area contributed by atoms with Crippen LogP contribution in [-0.2, 0) is 4.57 Å². The van der Waals surface area contributed by atoms with Crippen LogP contribution in [0.2, 0.25) is 0 Å². The van der Waals surface area contributed by atoms with Crippen molar-refractivity contribution in [3.63, 3.8) is 0 Å². The lowest BCUT2D eigenvalue weighted by Gasteiger charge is -2.09. The molecule has 138 valence electrons. The van der Waals surface area contributed by atoms with E-state index in [2.05, 4.69) is 31.9 Å². The van der Waals surface area contributed by atoms with Gasteiger partial charge in [-0.05, 0) is 66.7 Å². The third kappa shape index (κ3) is 4.94. The highest BCUT2D eigenvalue weighted by Gasteiger charge is 2.16. The van der Waals surface area contributed by atoms with E-state index in [1.54, 1.807) is 36.4 Å². The van der Waals surface area contributed by atoms with Gasteiger partial charge in [0, 0.05) is 20.1 Å². The molecular formula is C19H13Br2O5P. The molecule has 0 heterocycles. The van der Waals surface area contributed by atoms with Crippen LogP contribution in [0, 0.1) is 0 Å². The molecule has 0 amide bonds. The third-order valence-electron chi connectivity index (χ3n) is 3.70. The molecule has 8 heteroatoms. The first kappa shape index (κ1) is 20.0. The zero-order chi connectivity index (χ0) is 19.6. The van der Waals surface area contributed by atoms with E-state index in [1.165, 1.54) is 24.3 Å². The second-order valence-electron chi connectivity index (χ2n) is 5.62. The maximum Gasteiger partial charge on any atom is 0.356 e. The first-order valence-corrected chi connectivity index (χ1v) is 10.9. The van der Waals surface area contributed by atoms with Crippen LogP contribution >= 0.6 is 39.5 Å². The van der Waals surface area contributed by atoms with Crippen LogP contribution in [0.4, 0.5) is 0 Å². The first-order chi connectivity index (χ1) is 12.7. The van der Waals surface area contributed by atoms with Crippen LogP contribution in [0.1, 0.15) is 15.9 Å². The molecule has 0 aromatic heterocycles. The zero-order valence-electron chi connectivity index (χ0n) is 13.7. The van der Waals surface area contributed by atoms with E-state index in [1.807, 2.05) is 6.07 Å². The van der Waals surface area contributed by atoms with Gasteiger partial charge >= 0.3 is 7.60 Å². The molecule has 0 saturated heterocycles. The van der Waals surface area contributed by atoms with Crippen LogP contribution in [0.15, 0.2) is 75.7 Å². The molecule has 2 N–H and O–H groups in total. The minimum atomic E-state index is -4.28. The van der Waals surface area contributed by atoms with Gasteiger partial charge < -0.3 is 14.5 Å². The maximum atomic E-state index is 12.7. The average Bonchev–Trinajstić information content (AvgIpc) is 2.63. The molecule has 0 radical (unpaired) electrons. The normalized spacial score (nSPS) is 11.3. The van der Waals surface area contributed by atoms with Crippen molar-refractivity contribution in [1.82, 2.24) is 0 Å². The van der Waals surface area contributed by atoms with Crippen LogP contribution in [0.3, 0.4) is 0 Å². The molecule has 0 aliphatic rings. The van der Waals surface area contributed by atoms with Gasteiger partial charge in [0.25, 0.3) is 0 Å². The number of ketones is 1. The minimum absolute atomic E-state index is 0.0737. The van der Waals surface area contributed by atoms with Gasteiger partial charge in [-0.1, -0.05) is 31.9 Å². The standard InChI is InChI=1S/C19H13Br2O5P/c20-13-3-10-18(21)17(11-13)19(22)12-1-4-14(5-2-12)26-15-6-8-16(9-7-15)27(23,24)25/h1-11H,(H2,23,24,25). The van der Waals surface area contributed by atoms with Crippen molar-refractivity contribution in [3.05, 3.63) is 86.8 Å². The first-order valence-electron chi connectivity index (χ1n) is 7.68. The minimum Gasteiger partial charge on any atom is -0.457 e. The monoisotopic (exact) mass is 510 g/mol. The van der Waals surface area contributed by atoms with Crippen molar-refractivity contribution in [2.75, 3.05) is 0 Å². The fraction of sp³-hybridized carbons (Fsp3) is 0. The Labute approximate surface area is 172 Å². The Kier molecular flexibility index (Phi) is 5.99. The van der Waals surface area contributed by atoms with E-state index in [9.17, 15) is 9.36 Å². The molecule has 5 nitrogen and oxygen atoms in total. The predicted molar refractivity (Wildman–Crippen MR) is 110 cm³/mol. The second kappa shape index (κ2) is 8.09. The quantitative estimate of drug-likeness (QED) is 0.370. The summed E-state index contributed by atoms with van der Waals surface area (Å²) in [5.41, 5.74) is 1.06. The summed E-state index contributed by atoms with van der Waals surface area (Å²) in [5, 5.41) is -0.0737. The molecule has 3 aromatic carbocycles. The Balaban J connectivity index is 1.76. The number of ether oxygens (including phenoxy) is 1. The molecule has 0 atom stereocenters. The van der Waals surface area contributed by atoms with Gasteiger partial charge in [-0.2, -0.15) is 0 Å². The van der Waals surface area contributed by atoms with Gasteiger partial charge in [-0.25, -0.2) is 0 Å². The maximum absolute atomic E-state index is 12.7. The van der Waals surface area contributed by atoms with Crippen LogP contribution in [-0.4, -0.2) is 15.6 Å². The Bertz CT molecular complexity index is 1030. The number of hydrogen-bond donors (Lipinski definition) is 2. The Hall–Kier alpha value is -1.76. The fourth-order valence-electron chi connectivity index (χ4n) is 2.35. The summed E-state index contributed by atoms with van der Waals surface area (Å²) in [6, 6.07) is 17.6. The molecule has 3 aromatic rings. The molecule has 0 unspecified atom stereocenters. The predicted octanol–water partition coefficient (Wildman–Crippen LogP) is 5.04. The molecule has 0 fully saturated rings. The number of carbonyl (C=O) groups excluding carboxylic acids is 1. The van der Waals surface area contributed by atoms with Gasteiger partial charge in [-0.15, -0.1) is 0 Å². The summed E-state index contributed by atoms with van der Waals surface area (Å²) in [4.78, 5) is 30.9. The molecule has 27 heavy (non-hydrogen) atoms. The smallest absolute Gasteiger partial charge is 0.356 e. The summed E-state index contributed by atoms with van der Waals surface area (Å²) >= 11 is 6.75. The average molecular weight is 512 g/mol. The second-order valence-corrected chi connectivity index (χ2v) is 8.99. The van der Waals surface area contributed by atoms with Gasteiger partial charge in [0.2, 0.25) is 0 Å². The zero-order valence-corrected chi connectivity index (χ0v) is 17.7. The lowest BCUT2D eigenvalue weighted by atomic mass is 10.0. The number of benzene rings is 3. The van der Waals surface area contributed by atoms with Gasteiger partial charge in [0.05, 0.1) is 5.30 Å². The van der Waals surface area contributed by atoms with Crippen molar-refractivity contribution >= 4 is 50.5 Å². The number of halogens is 2. The van der Waals surface area contributed by atoms with Crippen LogP contribution in [0.25, 0.3) is 0 Å². The van der Waals surface area contributed by atoms with Gasteiger partial charge in [0.1, 0.15) is 11.5 Å². The fourth-order valence-corrected chi connectivity index (χ4v) is 3.67. The van der Waals surface area contributed by atoms with E-state index in [0.29, 0.717) is 27.1 Å². The van der Waals surface area contributed by atoms with Crippen LogP contribution < -0.4 is 10.0 Å². The molecule has 0 spiro atoms. The molecular weight excluding hydrogens is 499 g/mol. The van der Waals surface area contributed by atoms with E-state index < -0.39 is 7.60 Å². The molecule has 3 rings (SSSR count). The van der Waals surface area contributed by atoms with E-state index >= 15 is 0 Å². The van der Waals surface area contributed by atoms with E-state index in [4.69, 9.17) is 14.5 Å². The summed E-state index contributed by atoms with van der Waals surface area (Å²) in [7, 11) is -4.28. The van der Waals surface area contributed by atoms with Gasteiger partial charge in [0.15, 0.2) is 5.78 Å². The van der Waals surface area contributed by atoms with Crippen molar-refractivity contribution in [3.8, 4) is 11.5 Å². The highest BCUT2D eigenvalue weighted by molar-refractivity contribution is 9.11. The number of hydrogen-bond acceptors (Lipinski definition) is 3. The molecule has 0 aliphatic heterocycles. The largest absolute Gasteiger partial charge is 0.457 e.